The summed E-state index contributed by atoms with van der Waals surface area (Å²) < 4.78 is 34.4. The molecule has 0 spiro atoms. The molecule has 0 saturated heterocycles. The first-order valence-corrected chi connectivity index (χ1v) is 7.58. The largest absolute Gasteiger partial charge is 0.481 e. The molecule has 0 bridgehead atoms. The van der Waals surface area contributed by atoms with Crippen LogP contribution in [0.2, 0.25) is 0 Å². The topological polar surface area (TPSA) is 67.8 Å². The molecule has 1 heterocycles. The molecule has 0 aliphatic heterocycles. The summed E-state index contributed by atoms with van der Waals surface area (Å²) in [4.78, 5) is 8.23. The van der Waals surface area contributed by atoms with Crippen LogP contribution >= 0.6 is 0 Å². The van der Waals surface area contributed by atoms with Gasteiger partial charge in [-0.1, -0.05) is 24.3 Å². The van der Waals surface area contributed by atoms with Crippen LogP contribution in [0.25, 0.3) is 0 Å². The van der Waals surface area contributed by atoms with Crippen LogP contribution in [-0.2, 0) is 13.1 Å². The van der Waals surface area contributed by atoms with Crippen LogP contribution in [-0.4, -0.2) is 31.7 Å². The third-order valence-electron chi connectivity index (χ3n) is 3.33. The lowest BCUT2D eigenvalue weighted by atomic mass is 10.2. The highest BCUT2D eigenvalue weighted by Gasteiger charge is 2.09. The number of benzene rings is 1. The molecule has 0 aliphatic rings. The fourth-order valence-corrected chi connectivity index (χ4v) is 2.08. The number of halogens is 2. The first-order valence-electron chi connectivity index (χ1n) is 7.58. The summed E-state index contributed by atoms with van der Waals surface area (Å²) in [7, 11) is 3.19. The molecular weight excluding hydrogens is 330 g/mol. The Morgan fingerprint density at radius 1 is 1.16 bits per heavy atom. The molecular formula is C17H20F2N4O2. The highest BCUT2D eigenvalue weighted by Crippen LogP contribution is 2.19. The molecule has 0 amide bonds. The minimum Gasteiger partial charge on any atom is -0.481 e. The van der Waals surface area contributed by atoms with Crippen molar-refractivity contribution >= 4 is 5.96 Å². The summed E-state index contributed by atoms with van der Waals surface area (Å²) in [6, 6.07) is 10.3. The van der Waals surface area contributed by atoms with Crippen molar-refractivity contribution in [2.24, 2.45) is 4.99 Å². The number of hydrogen-bond acceptors (Lipinski definition) is 4. The summed E-state index contributed by atoms with van der Waals surface area (Å²) in [5.74, 6) is 1.21. The SMILES string of the molecule is CN=C(NCc1ccc(OC)nc1)NCc1ccccc1OC(F)F. The number of alkyl halides is 2. The van der Waals surface area contributed by atoms with Gasteiger partial charge in [0.25, 0.3) is 0 Å². The Balaban J connectivity index is 1.90. The Labute approximate surface area is 144 Å². The van der Waals surface area contributed by atoms with Crippen LogP contribution in [0.3, 0.4) is 0 Å². The number of ether oxygens (including phenoxy) is 2. The lowest BCUT2D eigenvalue weighted by Gasteiger charge is -2.14. The number of para-hydroxylation sites is 1. The van der Waals surface area contributed by atoms with Gasteiger partial charge in [-0.15, -0.1) is 0 Å². The number of nitrogens with zero attached hydrogens (tertiary/aromatic N) is 2. The molecule has 0 fully saturated rings. The quantitative estimate of drug-likeness (QED) is 0.593. The third kappa shape index (κ3) is 5.91. The number of methoxy groups -OCH3 is 1. The van der Waals surface area contributed by atoms with E-state index in [1.54, 1.807) is 44.6 Å². The molecule has 2 rings (SSSR count). The van der Waals surface area contributed by atoms with E-state index in [1.807, 2.05) is 6.07 Å². The van der Waals surface area contributed by atoms with E-state index in [0.29, 0.717) is 30.5 Å². The normalized spacial score (nSPS) is 11.3. The van der Waals surface area contributed by atoms with E-state index in [0.717, 1.165) is 5.56 Å². The molecule has 8 heteroatoms. The molecule has 1 aromatic carbocycles. The number of hydrogen-bond donors (Lipinski definition) is 2. The highest BCUT2D eigenvalue weighted by atomic mass is 19.3. The smallest absolute Gasteiger partial charge is 0.387 e. The zero-order valence-electron chi connectivity index (χ0n) is 14.0. The second kappa shape index (κ2) is 9.41. The van der Waals surface area contributed by atoms with Crippen LogP contribution < -0.4 is 20.1 Å². The maximum Gasteiger partial charge on any atom is 0.387 e. The van der Waals surface area contributed by atoms with Crippen molar-refractivity contribution in [3.63, 3.8) is 0 Å². The second-order valence-corrected chi connectivity index (χ2v) is 4.97. The maximum atomic E-state index is 12.4. The zero-order chi connectivity index (χ0) is 18.1. The predicted molar refractivity (Wildman–Crippen MR) is 90.9 cm³/mol. The van der Waals surface area contributed by atoms with Crippen molar-refractivity contribution in [3.8, 4) is 11.6 Å². The van der Waals surface area contributed by atoms with Gasteiger partial charge in [0, 0.05) is 38.0 Å². The van der Waals surface area contributed by atoms with E-state index in [-0.39, 0.29) is 5.75 Å². The number of rotatable bonds is 7. The third-order valence-corrected chi connectivity index (χ3v) is 3.33. The van der Waals surface area contributed by atoms with Gasteiger partial charge in [0.1, 0.15) is 5.75 Å². The van der Waals surface area contributed by atoms with Crippen LogP contribution in [0.15, 0.2) is 47.6 Å². The van der Waals surface area contributed by atoms with E-state index in [1.165, 1.54) is 6.07 Å². The van der Waals surface area contributed by atoms with Gasteiger partial charge in [0.05, 0.1) is 7.11 Å². The Hall–Kier alpha value is -2.90. The van der Waals surface area contributed by atoms with Gasteiger partial charge in [0.2, 0.25) is 5.88 Å². The van der Waals surface area contributed by atoms with E-state index < -0.39 is 6.61 Å². The Morgan fingerprint density at radius 3 is 2.56 bits per heavy atom. The fourth-order valence-electron chi connectivity index (χ4n) is 2.08. The van der Waals surface area contributed by atoms with Crippen LogP contribution in [0.1, 0.15) is 11.1 Å². The molecule has 25 heavy (non-hydrogen) atoms. The molecule has 0 aliphatic carbocycles. The maximum absolute atomic E-state index is 12.4. The fraction of sp³-hybridized carbons (Fsp3) is 0.294. The molecule has 1 aromatic heterocycles. The van der Waals surface area contributed by atoms with Crippen LogP contribution in [0, 0.1) is 0 Å². The number of aliphatic imine (C=N–C) groups is 1. The summed E-state index contributed by atoms with van der Waals surface area (Å²) in [5.41, 5.74) is 1.56. The van der Waals surface area contributed by atoms with Crippen molar-refractivity contribution in [3.05, 3.63) is 53.7 Å². The van der Waals surface area contributed by atoms with Gasteiger partial charge in [-0.2, -0.15) is 8.78 Å². The number of guanidine groups is 1. The van der Waals surface area contributed by atoms with Gasteiger partial charge < -0.3 is 20.1 Å². The summed E-state index contributed by atoms with van der Waals surface area (Å²) >= 11 is 0. The van der Waals surface area contributed by atoms with E-state index in [4.69, 9.17) is 4.74 Å². The molecule has 0 saturated carbocycles. The van der Waals surface area contributed by atoms with E-state index in [9.17, 15) is 8.78 Å². The summed E-state index contributed by atoms with van der Waals surface area (Å²) in [5, 5.41) is 6.18. The van der Waals surface area contributed by atoms with Crippen LogP contribution in [0.4, 0.5) is 8.78 Å². The first-order chi connectivity index (χ1) is 12.1. The van der Waals surface area contributed by atoms with E-state index >= 15 is 0 Å². The van der Waals surface area contributed by atoms with Crippen molar-refractivity contribution in [2.75, 3.05) is 14.2 Å². The Bertz CT molecular complexity index is 693. The van der Waals surface area contributed by atoms with Gasteiger partial charge in [-0.05, 0) is 11.6 Å². The summed E-state index contributed by atoms with van der Waals surface area (Å²) in [6.07, 6.45) is 1.70. The van der Waals surface area contributed by atoms with Gasteiger partial charge >= 0.3 is 6.61 Å². The average molecular weight is 350 g/mol. The van der Waals surface area contributed by atoms with Crippen molar-refractivity contribution in [1.82, 2.24) is 15.6 Å². The molecule has 6 nitrogen and oxygen atoms in total. The van der Waals surface area contributed by atoms with Crippen molar-refractivity contribution in [1.29, 1.82) is 0 Å². The number of nitrogens with one attached hydrogen (secondary N) is 2. The van der Waals surface area contributed by atoms with Crippen LogP contribution in [0.5, 0.6) is 11.6 Å². The first kappa shape index (κ1) is 18.4. The Morgan fingerprint density at radius 2 is 1.92 bits per heavy atom. The second-order valence-electron chi connectivity index (χ2n) is 4.97. The highest BCUT2D eigenvalue weighted by molar-refractivity contribution is 5.79. The standard InChI is InChI=1S/C17H20F2N4O2/c1-20-17(22-10-12-7-8-15(24-2)21-9-12)23-11-13-5-3-4-6-14(13)25-16(18)19/h3-9,16H,10-11H2,1-2H3,(H2,20,22,23). The molecule has 2 aromatic rings. The zero-order valence-corrected chi connectivity index (χ0v) is 14.0. The molecule has 2 N–H and O–H groups in total. The Kier molecular flexibility index (Phi) is 6.94. The molecule has 0 unspecified atom stereocenters. The monoisotopic (exact) mass is 350 g/mol. The lowest BCUT2D eigenvalue weighted by Crippen LogP contribution is -2.36. The predicted octanol–water partition coefficient (Wildman–Crippen LogP) is 2.56. The van der Waals surface area contributed by atoms with Gasteiger partial charge in [-0.3, -0.25) is 4.99 Å². The van der Waals surface area contributed by atoms with E-state index in [2.05, 4.69) is 25.3 Å². The molecule has 0 radical (unpaired) electrons. The van der Waals surface area contributed by atoms with Crippen molar-refractivity contribution < 1.29 is 18.3 Å². The lowest BCUT2D eigenvalue weighted by molar-refractivity contribution is -0.0504. The summed E-state index contributed by atoms with van der Waals surface area (Å²) in [6.45, 7) is -2.06. The van der Waals surface area contributed by atoms with Gasteiger partial charge in [0.15, 0.2) is 5.96 Å². The number of pyridine rings is 1. The average Bonchev–Trinajstić information content (AvgIpc) is 2.63. The van der Waals surface area contributed by atoms with Crippen molar-refractivity contribution in [2.45, 2.75) is 19.7 Å². The molecule has 134 valence electrons. The minimum atomic E-state index is -2.86. The number of aromatic nitrogens is 1. The molecule has 0 atom stereocenters. The minimum absolute atomic E-state index is 0.139. The van der Waals surface area contributed by atoms with Gasteiger partial charge in [-0.25, -0.2) is 4.98 Å².